The molecule has 0 saturated carbocycles. The molecule has 1 amide bonds. The summed E-state index contributed by atoms with van der Waals surface area (Å²) in [7, 11) is -5.18. The highest BCUT2D eigenvalue weighted by molar-refractivity contribution is 14.1. The molecule has 4 aromatic carbocycles. The van der Waals surface area contributed by atoms with E-state index in [-0.39, 0.29) is 31.0 Å². The van der Waals surface area contributed by atoms with Gasteiger partial charge in [0.1, 0.15) is 27.0 Å². The first kappa shape index (κ1) is 45.2. The number of nitrogens with one attached hydrogen (secondary N) is 1. The lowest BCUT2D eigenvalue weighted by Gasteiger charge is -2.35. The Balaban J connectivity index is 1.74. The molecule has 1 aromatic heterocycles. The van der Waals surface area contributed by atoms with Gasteiger partial charge < -0.3 is 29.3 Å². The van der Waals surface area contributed by atoms with Crippen molar-refractivity contribution in [3.05, 3.63) is 105 Å². The summed E-state index contributed by atoms with van der Waals surface area (Å²) in [6.07, 6.45) is -1.34. The van der Waals surface area contributed by atoms with Gasteiger partial charge in [0.15, 0.2) is 5.82 Å². The fraction of sp³-hybridized carbons (Fsp3) is 0.333. The lowest BCUT2D eigenvalue weighted by atomic mass is 10.1. The van der Waals surface area contributed by atoms with Gasteiger partial charge in [-0.3, -0.25) is 0 Å². The average Bonchev–Trinajstić information content (AvgIpc) is 3.66. The highest BCUT2D eigenvalue weighted by Crippen LogP contribution is 2.39. The van der Waals surface area contributed by atoms with Crippen LogP contribution in [-0.4, -0.2) is 109 Å². The second-order valence-electron chi connectivity index (χ2n) is 14.3. The molecule has 59 heavy (non-hydrogen) atoms. The highest BCUT2D eigenvalue weighted by atomic mass is 127. The molecule has 20 heteroatoms. The molecular formula is C39H46IN7O10S2. The van der Waals surface area contributed by atoms with Crippen molar-refractivity contribution in [2.45, 2.75) is 61.8 Å². The molecule has 316 valence electrons. The molecule has 0 fully saturated rings. The Kier molecular flexibility index (Phi) is 14.6. The van der Waals surface area contributed by atoms with E-state index in [0.717, 1.165) is 20.8 Å². The second-order valence-corrected chi connectivity index (χ2v) is 19.0. The van der Waals surface area contributed by atoms with Crippen molar-refractivity contribution in [1.29, 1.82) is 0 Å². The van der Waals surface area contributed by atoms with Crippen molar-refractivity contribution in [1.82, 2.24) is 34.1 Å². The Morgan fingerprint density at radius 3 is 1.75 bits per heavy atom. The zero-order valence-corrected chi connectivity index (χ0v) is 37.0. The Bertz CT molecular complexity index is 2390. The van der Waals surface area contributed by atoms with E-state index in [1.807, 2.05) is 22.6 Å². The van der Waals surface area contributed by atoms with Crippen LogP contribution in [0.1, 0.15) is 37.5 Å². The van der Waals surface area contributed by atoms with Crippen LogP contribution in [0.5, 0.6) is 17.2 Å². The number of halogens is 1. The van der Waals surface area contributed by atoms with Gasteiger partial charge in [-0.15, -0.1) is 5.10 Å². The van der Waals surface area contributed by atoms with Crippen LogP contribution in [0.25, 0.3) is 11.4 Å². The predicted molar refractivity (Wildman–Crippen MR) is 226 cm³/mol. The number of amides is 1. The molecule has 0 aliphatic rings. The molecule has 17 nitrogen and oxygen atoms in total. The SMILES string of the molecule is COc1ccc(CN(Cc2ccc(OC)cc2)S(=O)(=O)c2c(S(=O)(=O)N[C@H](CO)CN(C(=O)O)C(C)(C)C)ccc(I)c2-c2nnnn2Cc2ccc(OC)cc2)cc1. The van der Waals surface area contributed by atoms with Crippen molar-refractivity contribution in [3.63, 3.8) is 0 Å². The maximum absolute atomic E-state index is 15.6. The van der Waals surface area contributed by atoms with Crippen LogP contribution < -0.4 is 18.9 Å². The number of carboxylic acid groups (broad SMARTS) is 1. The summed E-state index contributed by atoms with van der Waals surface area (Å²) >= 11 is 1.92. The molecule has 1 heterocycles. The minimum Gasteiger partial charge on any atom is -0.497 e. The summed E-state index contributed by atoms with van der Waals surface area (Å²) in [6, 6.07) is 21.8. The minimum atomic E-state index is -4.87. The van der Waals surface area contributed by atoms with E-state index >= 15 is 8.42 Å². The predicted octanol–water partition coefficient (Wildman–Crippen LogP) is 4.83. The van der Waals surface area contributed by atoms with E-state index in [9.17, 15) is 23.4 Å². The third-order valence-corrected chi connectivity index (χ3v) is 13.7. The van der Waals surface area contributed by atoms with Gasteiger partial charge in [-0.1, -0.05) is 36.4 Å². The first-order valence-electron chi connectivity index (χ1n) is 18.0. The summed E-state index contributed by atoms with van der Waals surface area (Å²) in [5, 5.41) is 32.6. The van der Waals surface area contributed by atoms with Crippen LogP contribution in [0.2, 0.25) is 0 Å². The fourth-order valence-electron chi connectivity index (χ4n) is 6.11. The number of methoxy groups -OCH3 is 3. The molecule has 5 rings (SSSR count). The largest absolute Gasteiger partial charge is 0.497 e. The van der Waals surface area contributed by atoms with E-state index < -0.39 is 60.7 Å². The number of tetrazole rings is 1. The molecule has 0 bridgehead atoms. The number of nitrogens with zero attached hydrogens (tertiary/aromatic N) is 6. The fourth-order valence-corrected chi connectivity index (χ4v) is 10.6. The van der Waals surface area contributed by atoms with Crippen molar-refractivity contribution in [2.24, 2.45) is 0 Å². The average molecular weight is 964 g/mol. The second kappa shape index (κ2) is 19.0. The molecule has 0 aliphatic heterocycles. The zero-order valence-electron chi connectivity index (χ0n) is 33.2. The first-order chi connectivity index (χ1) is 27.9. The highest BCUT2D eigenvalue weighted by Gasteiger charge is 2.39. The molecule has 3 N–H and O–H groups in total. The normalized spacial score (nSPS) is 12.6. The standard InChI is InChI=1S/C39H46IN7O10S2/c1-39(2,3)46(38(49)50)24-29(25-48)42-58(51,52)34-20-19-33(40)35(37-41-43-44-47(37)23-28-11-17-32(57-6)18-12-28)36(34)59(53,54)45(21-26-7-13-30(55-4)14-8-26)22-27-9-15-31(56-5)16-10-27/h7-20,29,42,48H,21-25H2,1-6H3,(H,49,50)/t29-/m0/s1. The maximum Gasteiger partial charge on any atom is 0.407 e. The molecule has 5 aromatic rings. The third-order valence-electron chi connectivity index (χ3n) is 9.23. The smallest absolute Gasteiger partial charge is 0.407 e. The van der Waals surface area contributed by atoms with Crippen molar-refractivity contribution in [3.8, 4) is 28.6 Å². The number of hydrogen-bond donors (Lipinski definition) is 3. The Morgan fingerprint density at radius 1 is 0.814 bits per heavy atom. The van der Waals surface area contributed by atoms with Crippen LogP contribution in [0, 0.1) is 3.57 Å². The van der Waals surface area contributed by atoms with Crippen molar-refractivity contribution < 1.29 is 46.1 Å². The quantitative estimate of drug-likeness (QED) is 0.101. The third kappa shape index (κ3) is 10.9. The van der Waals surface area contributed by atoms with Gasteiger partial charge in [-0.2, -0.15) is 4.31 Å². The number of aliphatic hydroxyl groups excluding tert-OH is 1. The Labute approximate surface area is 357 Å². The summed E-state index contributed by atoms with van der Waals surface area (Å²) < 4.78 is 81.6. The number of ether oxygens (including phenoxy) is 3. The summed E-state index contributed by atoms with van der Waals surface area (Å²) in [5.74, 6) is 1.67. The monoisotopic (exact) mass is 963 g/mol. The Morgan fingerprint density at radius 2 is 1.31 bits per heavy atom. The van der Waals surface area contributed by atoms with E-state index in [1.165, 1.54) is 32.1 Å². The van der Waals surface area contributed by atoms with Crippen molar-refractivity contribution in [2.75, 3.05) is 34.5 Å². The minimum absolute atomic E-state index is 0.0434. The summed E-state index contributed by atoms with van der Waals surface area (Å²) in [4.78, 5) is 11.9. The van der Waals surface area contributed by atoms with Crippen molar-refractivity contribution >= 4 is 48.7 Å². The molecule has 0 saturated heterocycles. The number of sulfonamides is 2. The first-order valence-corrected chi connectivity index (χ1v) is 22.0. The van der Waals surface area contributed by atoms with Gasteiger partial charge in [0.25, 0.3) is 0 Å². The van der Waals surface area contributed by atoms with Gasteiger partial charge in [0.2, 0.25) is 20.0 Å². The maximum atomic E-state index is 15.6. The number of aliphatic hydroxyl groups is 1. The van der Waals surface area contributed by atoms with Crippen LogP contribution in [0.4, 0.5) is 4.79 Å². The Hall–Kier alpha value is -4.87. The van der Waals surface area contributed by atoms with E-state index in [2.05, 4.69) is 20.2 Å². The summed E-state index contributed by atoms with van der Waals surface area (Å²) in [5.41, 5.74) is 0.803. The van der Waals surface area contributed by atoms with Crippen LogP contribution in [0.3, 0.4) is 0 Å². The van der Waals surface area contributed by atoms with Crippen LogP contribution in [0.15, 0.2) is 94.7 Å². The molecule has 1 atom stereocenters. The van der Waals surface area contributed by atoms with Crippen LogP contribution >= 0.6 is 22.6 Å². The van der Waals surface area contributed by atoms with Gasteiger partial charge in [-0.25, -0.2) is 31.0 Å². The van der Waals surface area contributed by atoms with Gasteiger partial charge in [0.05, 0.1) is 46.1 Å². The van der Waals surface area contributed by atoms with Crippen LogP contribution in [-0.2, 0) is 39.7 Å². The molecule has 0 aliphatic carbocycles. The van der Waals surface area contributed by atoms with E-state index in [4.69, 9.17) is 14.2 Å². The van der Waals surface area contributed by atoms with Gasteiger partial charge >= 0.3 is 6.09 Å². The molecular weight excluding hydrogens is 918 g/mol. The molecule has 0 radical (unpaired) electrons. The summed E-state index contributed by atoms with van der Waals surface area (Å²) in [6.45, 7) is 3.28. The molecule has 0 spiro atoms. The van der Waals surface area contributed by atoms with E-state index in [1.54, 1.807) is 93.6 Å². The molecule has 0 unspecified atom stereocenters. The number of hydrogen-bond acceptors (Lipinski definition) is 12. The number of rotatable bonds is 18. The van der Waals surface area contributed by atoms with Gasteiger partial charge in [0, 0.05) is 28.7 Å². The lowest BCUT2D eigenvalue weighted by Crippen LogP contribution is -2.53. The number of benzene rings is 4. The topological polar surface area (TPSA) is 216 Å². The number of carbonyl (C=O) groups is 1. The van der Waals surface area contributed by atoms with E-state index in [0.29, 0.717) is 31.9 Å². The zero-order chi connectivity index (χ0) is 43.1. The lowest BCUT2D eigenvalue weighted by molar-refractivity contribution is 0.0878. The van der Waals surface area contributed by atoms with Gasteiger partial charge in [-0.05, 0) is 119 Å². The number of aromatic nitrogens is 4.